The number of nitrogens with zero attached hydrogens (tertiary/aromatic N) is 5. The molecule has 3 aromatic rings. The summed E-state index contributed by atoms with van der Waals surface area (Å²) >= 11 is 0. The van der Waals surface area contributed by atoms with Crippen molar-refractivity contribution in [2.75, 3.05) is 5.32 Å². The fourth-order valence-corrected chi connectivity index (χ4v) is 2.58. The highest BCUT2D eigenvalue weighted by Gasteiger charge is 2.35. The molecule has 0 aliphatic carbocycles. The summed E-state index contributed by atoms with van der Waals surface area (Å²) in [6.45, 7) is 3.28. The van der Waals surface area contributed by atoms with Gasteiger partial charge in [-0.3, -0.25) is 14.8 Å². The van der Waals surface area contributed by atoms with E-state index in [-0.39, 0.29) is 11.6 Å². The molecule has 0 unspecified atom stereocenters. The third-order valence-corrected chi connectivity index (χ3v) is 3.87. The van der Waals surface area contributed by atoms with E-state index in [0.717, 1.165) is 17.2 Å². The Morgan fingerprint density at radius 3 is 2.63 bits per heavy atom. The second kappa shape index (κ2) is 7.22. The number of hydrogen-bond acceptors (Lipinski definition) is 4. The van der Waals surface area contributed by atoms with E-state index < -0.39 is 24.3 Å². The highest BCUT2D eigenvalue weighted by Crippen LogP contribution is 2.29. The summed E-state index contributed by atoms with van der Waals surface area (Å²) in [4.78, 5) is 16.0. The van der Waals surface area contributed by atoms with Crippen molar-refractivity contribution in [3.05, 3.63) is 59.2 Å². The van der Waals surface area contributed by atoms with Gasteiger partial charge in [-0.25, -0.2) is 9.67 Å². The molecule has 0 saturated carbocycles. The Bertz CT molecular complexity index is 960. The SMILES string of the molecule is Cc1cc(C(F)(F)F)n(CC(=O)Nc2ncn(Cc3ccccc3C)n2)n1. The van der Waals surface area contributed by atoms with Crippen LogP contribution in [-0.2, 0) is 24.1 Å². The Hall–Kier alpha value is -3.17. The van der Waals surface area contributed by atoms with Gasteiger partial charge in [0.05, 0.1) is 12.2 Å². The zero-order chi connectivity index (χ0) is 19.6. The van der Waals surface area contributed by atoms with Crippen LogP contribution >= 0.6 is 0 Å². The maximum Gasteiger partial charge on any atom is 0.433 e. The van der Waals surface area contributed by atoms with E-state index in [1.807, 2.05) is 31.2 Å². The molecule has 0 atom stereocenters. The molecule has 2 heterocycles. The van der Waals surface area contributed by atoms with Gasteiger partial charge in [-0.1, -0.05) is 24.3 Å². The molecule has 27 heavy (non-hydrogen) atoms. The summed E-state index contributed by atoms with van der Waals surface area (Å²) < 4.78 is 41.0. The summed E-state index contributed by atoms with van der Waals surface area (Å²) in [5, 5.41) is 10.2. The van der Waals surface area contributed by atoms with E-state index in [2.05, 4.69) is 20.5 Å². The number of aromatic nitrogens is 5. The number of rotatable bonds is 5. The molecule has 0 bridgehead atoms. The van der Waals surface area contributed by atoms with Gasteiger partial charge in [-0.2, -0.15) is 18.3 Å². The molecule has 2 aromatic heterocycles. The first kappa shape index (κ1) is 18.6. The predicted molar refractivity (Wildman–Crippen MR) is 90.9 cm³/mol. The van der Waals surface area contributed by atoms with E-state index in [4.69, 9.17) is 0 Å². The third kappa shape index (κ3) is 4.52. The summed E-state index contributed by atoms with van der Waals surface area (Å²) in [5.74, 6) is -0.678. The van der Waals surface area contributed by atoms with Gasteiger partial charge in [0.25, 0.3) is 0 Å². The van der Waals surface area contributed by atoms with E-state index in [9.17, 15) is 18.0 Å². The molecule has 1 aromatic carbocycles. The van der Waals surface area contributed by atoms with Gasteiger partial charge in [-0.05, 0) is 31.0 Å². The van der Waals surface area contributed by atoms with Crippen molar-refractivity contribution < 1.29 is 18.0 Å². The van der Waals surface area contributed by atoms with Crippen LogP contribution in [0.3, 0.4) is 0 Å². The van der Waals surface area contributed by atoms with Crippen LogP contribution in [0.1, 0.15) is 22.5 Å². The highest BCUT2D eigenvalue weighted by molar-refractivity contribution is 5.88. The van der Waals surface area contributed by atoms with E-state index in [1.165, 1.54) is 17.9 Å². The molecule has 7 nitrogen and oxygen atoms in total. The van der Waals surface area contributed by atoms with Crippen LogP contribution in [0.25, 0.3) is 0 Å². The molecule has 1 N–H and O–H groups in total. The normalized spacial score (nSPS) is 11.6. The maximum atomic E-state index is 13.0. The van der Waals surface area contributed by atoms with Crippen molar-refractivity contribution in [1.82, 2.24) is 24.5 Å². The van der Waals surface area contributed by atoms with E-state index in [1.54, 1.807) is 0 Å². The minimum atomic E-state index is -4.59. The number of benzene rings is 1. The number of halogens is 3. The van der Waals surface area contributed by atoms with Crippen LogP contribution in [0.15, 0.2) is 36.7 Å². The second-order valence-electron chi connectivity index (χ2n) is 6.07. The van der Waals surface area contributed by atoms with E-state index in [0.29, 0.717) is 11.2 Å². The zero-order valence-electron chi connectivity index (χ0n) is 14.7. The van der Waals surface area contributed by atoms with Crippen molar-refractivity contribution in [3.8, 4) is 0 Å². The number of aryl methyl sites for hydroxylation is 2. The molecule has 142 valence electrons. The number of amides is 1. The smallest absolute Gasteiger partial charge is 0.292 e. The third-order valence-electron chi connectivity index (χ3n) is 3.87. The molecule has 10 heteroatoms. The molecular formula is C17H17F3N6O. The van der Waals surface area contributed by atoms with Crippen molar-refractivity contribution in [2.24, 2.45) is 0 Å². The Morgan fingerprint density at radius 2 is 1.93 bits per heavy atom. The molecule has 1 amide bonds. The number of anilines is 1. The van der Waals surface area contributed by atoms with Crippen molar-refractivity contribution in [1.29, 1.82) is 0 Å². The monoisotopic (exact) mass is 378 g/mol. The fourth-order valence-electron chi connectivity index (χ4n) is 2.58. The lowest BCUT2D eigenvalue weighted by Crippen LogP contribution is -2.24. The Kier molecular flexibility index (Phi) is 4.98. The molecule has 0 spiro atoms. The van der Waals surface area contributed by atoms with Crippen LogP contribution in [0.5, 0.6) is 0 Å². The zero-order valence-corrected chi connectivity index (χ0v) is 14.7. The molecular weight excluding hydrogens is 361 g/mol. The lowest BCUT2D eigenvalue weighted by atomic mass is 10.1. The average molecular weight is 378 g/mol. The van der Waals surface area contributed by atoms with Crippen LogP contribution in [0, 0.1) is 13.8 Å². The van der Waals surface area contributed by atoms with Gasteiger partial charge >= 0.3 is 6.18 Å². The maximum absolute atomic E-state index is 13.0. The van der Waals surface area contributed by atoms with Crippen molar-refractivity contribution >= 4 is 11.9 Å². The minimum absolute atomic E-state index is 0.0195. The van der Waals surface area contributed by atoms with Crippen LogP contribution in [0.2, 0.25) is 0 Å². The summed E-state index contributed by atoms with van der Waals surface area (Å²) in [6.07, 6.45) is -3.14. The Labute approximate surface area is 152 Å². The summed E-state index contributed by atoms with van der Waals surface area (Å²) in [6, 6.07) is 8.65. The van der Waals surface area contributed by atoms with E-state index >= 15 is 0 Å². The first-order valence-electron chi connectivity index (χ1n) is 8.08. The van der Waals surface area contributed by atoms with Gasteiger partial charge < -0.3 is 0 Å². The topological polar surface area (TPSA) is 77.6 Å². The Morgan fingerprint density at radius 1 is 1.19 bits per heavy atom. The summed E-state index contributed by atoms with van der Waals surface area (Å²) in [5.41, 5.74) is 1.33. The minimum Gasteiger partial charge on any atom is -0.292 e. The number of nitrogens with one attached hydrogen (secondary N) is 1. The van der Waals surface area contributed by atoms with Gasteiger partial charge in [0.15, 0.2) is 0 Å². The molecule has 0 aliphatic heterocycles. The number of hydrogen-bond donors (Lipinski definition) is 1. The molecule has 0 aliphatic rings. The van der Waals surface area contributed by atoms with Gasteiger partial charge in [-0.15, -0.1) is 5.10 Å². The lowest BCUT2D eigenvalue weighted by Gasteiger charge is -2.09. The summed E-state index contributed by atoms with van der Waals surface area (Å²) in [7, 11) is 0. The molecule has 0 fully saturated rings. The predicted octanol–water partition coefficient (Wildman–Crippen LogP) is 2.80. The lowest BCUT2D eigenvalue weighted by molar-refractivity contribution is -0.144. The first-order valence-corrected chi connectivity index (χ1v) is 8.08. The second-order valence-corrected chi connectivity index (χ2v) is 6.07. The fraction of sp³-hybridized carbons (Fsp3) is 0.294. The van der Waals surface area contributed by atoms with Crippen molar-refractivity contribution in [3.63, 3.8) is 0 Å². The van der Waals surface area contributed by atoms with Crippen LogP contribution in [0.4, 0.5) is 19.1 Å². The number of alkyl halides is 3. The molecule has 0 radical (unpaired) electrons. The largest absolute Gasteiger partial charge is 0.433 e. The quantitative estimate of drug-likeness (QED) is 0.741. The number of carbonyl (C=O) groups is 1. The van der Waals surface area contributed by atoms with Crippen LogP contribution in [-0.4, -0.2) is 30.5 Å². The average Bonchev–Trinajstić information content (AvgIpc) is 3.15. The van der Waals surface area contributed by atoms with Gasteiger partial charge in [0, 0.05) is 0 Å². The Balaban J connectivity index is 1.66. The number of carbonyl (C=O) groups excluding carboxylic acids is 1. The van der Waals surface area contributed by atoms with Crippen LogP contribution < -0.4 is 5.32 Å². The van der Waals surface area contributed by atoms with Gasteiger partial charge in [0.2, 0.25) is 11.9 Å². The standard InChI is InChI=1S/C17H17F3N6O/c1-11-5-3-4-6-13(11)8-25-10-21-16(24-25)22-15(27)9-26-14(17(18,19)20)7-12(2)23-26/h3-7,10H,8-9H2,1-2H3,(H,22,24,27). The van der Waals surface area contributed by atoms with Crippen molar-refractivity contribution in [2.45, 2.75) is 33.1 Å². The molecule has 3 rings (SSSR count). The highest BCUT2D eigenvalue weighted by atomic mass is 19.4. The van der Waals surface area contributed by atoms with Gasteiger partial charge in [0.1, 0.15) is 18.6 Å². The first-order chi connectivity index (χ1) is 12.7. The molecule has 0 saturated heterocycles.